The van der Waals surface area contributed by atoms with Crippen molar-refractivity contribution in [3.05, 3.63) is 32.6 Å². The third-order valence-electron chi connectivity index (χ3n) is 3.12. The molecular weight excluding hydrogens is 256 g/mol. The van der Waals surface area contributed by atoms with Gasteiger partial charge in [-0.3, -0.25) is 14.2 Å². The van der Waals surface area contributed by atoms with E-state index in [0.717, 1.165) is 4.57 Å². The van der Waals surface area contributed by atoms with E-state index in [1.807, 2.05) is 0 Å². The zero-order valence-corrected chi connectivity index (χ0v) is 10.2. The van der Waals surface area contributed by atoms with E-state index < -0.39 is 29.7 Å². The highest BCUT2D eigenvalue weighted by Crippen LogP contribution is 2.27. The van der Waals surface area contributed by atoms with Gasteiger partial charge in [0.15, 0.2) is 0 Å². The molecule has 8 nitrogen and oxygen atoms in total. The molecule has 0 saturated carbocycles. The molecule has 1 aromatic rings. The molecule has 19 heavy (non-hydrogen) atoms. The van der Waals surface area contributed by atoms with E-state index in [2.05, 4.69) is 0 Å². The first kappa shape index (κ1) is 13.7. The molecular formula is C11H14N2O6. The van der Waals surface area contributed by atoms with E-state index in [4.69, 9.17) is 9.84 Å². The van der Waals surface area contributed by atoms with Crippen LogP contribution in [0.15, 0.2) is 15.8 Å². The largest absolute Gasteiger partial charge is 0.394 e. The Morgan fingerprint density at radius 3 is 2.74 bits per heavy atom. The summed E-state index contributed by atoms with van der Waals surface area (Å²) in [7, 11) is 0. The van der Waals surface area contributed by atoms with Crippen molar-refractivity contribution in [3.63, 3.8) is 0 Å². The number of ether oxygens (including phenoxy) is 1. The first-order valence-electron chi connectivity index (χ1n) is 5.73. The van der Waals surface area contributed by atoms with Crippen LogP contribution in [-0.2, 0) is 9.53 Å². The summed E-state index contributed by atoms with van der Waals surface area (Å²) in [6.07, 6.45) is -0.982. The first-order chi connectivity index (χ1) is 8.99. The molecule has 1 fully saturated rings. The lowest BCUT2D eigenvalue weighted by atomic mass is 10.2. The second-order valence-electron chi connectivity index (χ2n) is 4.40. The van der Waals surface area contributed by atoms with Crippen molar-refractivity contribution in [2.24, 2.45) is 0 Å². The summed E-state index contributed by atoms with van der Waals surface area (Å²) in [6, 6.07) is 0. The molecule has 2 rings (SSSR count). The Hall–Kier alpha value is -1.77. The number of aryl methyl sites for hydroxylation is 1. The van der Waals surface area contributed by atoms with Crippen molar-refractivity contribution in [2.45, 2.75) is 31.8 Å². The molecule has 1 aromatic heterocycles. The highest BCUT2D eigenvalue weighted by atomic mass is 16.5. The molecule has 1 aliphatic rings. The van der Waals surface area contributed by atoms with Crippen LogP contribution in [-0.4, -0.2) is 44.6 Å². The number of aliphatic hydroxyl groups is 2. The topological polar surface area (TPSA) is 111 Å². The van der Waals surface area contributed by atoms with E-state index in [1.165, 1.54) is 13.1 Å². The van der Waals surface area contributed by atoms with E-state index >= 15 is 0 Å². The van der Waals surface area contributed by atoms with Crippen LogP contribution in [0.4, 0.5) is 0 Å². The van der Waals surface area contributed by atoms with Gasteiger partial charge in [0.05, 0.1) is 12.7 Å². The Labute approximate surface area is 107 Å². The lowest BCUT2D eigenvalue weighted by Crippen LogP contribution is -2.42. The van der Waals surface area contributed by atoms with Crippen LogP contribution in [0.5, 0.6) is 0 Å². The molecule has 1 saturated heterocycles. The van der Waals surface area contributed by atoms with Gasteiger partial charge in [-0.15, -0.1) is 0 Å². The highest BCUT2D eigenvalue weighted by molar-refractivity contribution is 5.51. The molecule has 8 heteroatoms. The maximum absolute atomic E-state index is 11.9. The van der Waals surface area contributed by atoms with Crippen LogP contribution in [0.25, 0.3) is 0 Å². The van der Waals surface area contributed by atoms with E-state index in [-0.39, 0.29) is 25.0 Å². The molecule has 104 valence electrons. The molecule has 0 radical (unpaired) electrons. The fourth-order valence-electron chi connectivity index (χ4n) is 2.07. The van der Waals surface area contributed by atoms with Crippen molar-refractivity contribution in [2.75, 3.05) is 6.61 Å². The summed E-state index contributed by atoms with van der Waals surface area (Å²) in [5.74, 6) is 0. The standard InChI is InChI=1S/C11H14N2O6/c1-6-3-12(11(18)13(5-15)10(6)17)9-2-7(16)8(4-14)19-9/h3,5,7-9,14,16H,2,4H2,1H3/t7-,8+,9+/m0/s1. The normalized spacial score (nSPS) is 26.6. The number of aromatic nitrogens is 2. The van der Waals surface area contributed by atoms with Crippen molar-refractivity contribution in [3.8, 4) is 0 Å². The number of hydrogen-bond acceptors (Lipinski definition) is 6. The zero-order chi connectivity index (χ0) is 14.2. The molecule has 0 unspecified atom stereocenters. The van der Waals surface area contributed by atoms with Crippen LogP contribution in [0.2, 0.25) is 0 Å². The predicted octanol–water partition coefficient (Wildman–Crippen LogP) is -2.00. The van der Waals surface area contributed by atoms with Crippen molar-refractivity contribution in [1.29, 1.82) is 0 Å². The van der Waals surface area contributed by atoms with E-state index in [9.17, 15) is 19.5 Å². The van der Waals surface area contributed by atoms with Crippen LogP contribution in [0.1, 0.15) is 18.2 Å². The van der Waals surface area contributed by atoms with Gasteiger partial charge in [0.1, 0.15) is 12.3 Å². The van der Waals surface area contributed by atoms with Crippen LogP contribution in [0.3, 0.4) is 0 Å². The predicted molar refractivity (Wildman–Crippen MR) is 63.5 cm³/mol. The third kappa shape index (κ3) is 2.25. The quantitative estimate of drug-likeness (QED) is 0.614. The number of aliphatic hydroxyl groups excluding tert-OH is 2. The smallest absolute Gasteiger partial charge is 0.339 e. The lowest BCUT2D eigenvalue weighted by molar-refractivity contribution is -0.0461. The first-order valence-corrected chi connectivity index (χ1v) is 5.73. The average Bonchev–Trinajstić information content (AvgIpc) is 2.75. The van der Waals surface area contributed by atoms with Gasteiger partial charge in [-0.25, -0.2) is 4.79 Å². The average molecular weight is 270 g/mol. The Bertz CT molecular complexity index is 604. The van der Waals surface area contributed by atoms with Gasteiger partial charge in [0.25, 0.3) is 5.56 Å². The summed E-state index contributed by atoms with van der Waals surface area (Å²) >= 11 is 0. The Kier molecular flexibility index (Phi) is 3.65. The molecule has 0 spiro atoms. The molecule has 0 aromatic carbocycles. The molecule has 0 amide bonds. The maximum Gasteiger partial charge on any atom is 0.339 e. The van der Waals surface area contributed by atoms with E-state index in [1.54, 1.807) is 0 Å². The second kappa shape index (κ2) is 5.08. The van der Waals surface area contributed by atoms with Gasteiger partial charge in [-0.1, -0.05) is 0 Å². The van der Waals surface area contributed by atoms with Crippen molar-refractivity contribution in [1.82, 2.24) is 9.13 Å². The Morgan fingerprint density at radius 2 is 2.21 bits per heavy atom. The zero-order valence-electron chi connectivity index (χ0n) is 10.2. The number of hydrogen-bond donors (Lipinski definition) is 2. The summed E-state index contributed by atoms with van der Waals surface area (Å²) in [5, 5.41) is 18.6. The monoisotopic (exact) mass is 270 g/mol. The summed E-state index contributed by atoms with van der Waals surface area (Å²) in [4.78, 5) is 34.3. The molecule has 3 atom stereocenters. The van der Waals surface area contributed by atoms with Gasteiger partial charge >= 0.3 is 5.69 Å². The van der Waals surface area contributed by atoms with Crippen LogP contribution in [0, 0.1) is 6.92 Å². The fourth-order valence-corrected chi connectivity index (χ4v) is 2.07. The van der Waals surface area contributed by atoms with Gasteiger partial charge in [-0.05, 0) is 6.92 Å². The fraction of sp³-hybridized carbons (Fsp3) is 0.545. The number of rotatable bonds is 3. The number of nitrogens with zero attached hydrogens (tertiary/aromatic N) is 2. The molecule has 2 N–H and O–H groups in total. The van der Waals surface area contributed by atoms with Crippen LogP contribution >= 0.6 is 0 Å². The molecule has 2 heterocycles. The lowest BCUT2D eigenvalue weighted by Gasteiger charge is -2.15. The SMILES string of the molecule is Cc1cn([C@H]2C[C@H](O)[C@@H](CO)O2)c(=O)n(C=O)c1=O. The van der Waals surface area contributed by atoms with E-state index in [0.29, 0.717) is 4.57 Å². The Balaban J connectivity index is 2.48. The molecule has 0 aliphatic carbocycles. The number of carbonyl (C=O) groups excluding carboxylic acids is 1. The minimum atomic E-state index is -0.904. The van der Waals surface area contributed by atoms with Gasteiger partial charge in [0.2, 0.25) is 6.41 Å². The Morgan fingerprint density at radius 1 is 1.53 bits per heavy atom. The summed E-state index contributed by atoms with van der Waals surface area (Å²) < 4.78 is 6.83. The summed E-state index contributed by atoms with van der Waals surface area (Å²) in [5.41, 5.74) is -1.31. The highest BCUT2D eigenvalue weighted by Gasteiger charge is 2.35. The minimum Gasteiger partial charge on any atom is -0.394 e. The molecule has 0 bridgehead atoms. The summed E-state index contributed by atoms with van der Waals surface area (Å²) in [6.45, 7) is 1.09. The van der Waals surface area contributed by atoms with Crippen molar-refractivity contribution >= 4 is 6.41 Å². The van der Waals surface area contributed by atoms with Gasteiger partial charge in [-0.2, -0.15) is 4.57 Å². The number of carbonyl (C=O) groups is 1. The minimum absolute atomic E-state index is 0.0988. The van der Waals surface area contributed by atoms with Crippen molar-refractivity contribution < 1.29 is 19.7 Å². The third-order valence-corrected chi connectivity index (χ3v) is 3.12. The second-order valence-corrected chi connectivity index (χ2v) is 4.40. The van der Waals surface area contributed by atoms with Gasteiger partial charge < -0.3 is 14.9 Å². The maximum atomic E-state index is 11.9. The van der Waals surface area contributed by atoms with Gasteiger partial charge in [0, 0.05) is 18.2 Å². The molecule has 1 aliphatic heterocycles. The van der Waals surface area contributed by atoms with Crippen LogP contribution < -0.4 is 11.2 Å².